The van der Waals surface area contributed by atoms with Crippen LogP contribution < -0.4 is 20.4 Å². The summed E-state index contributed by atoms with van der Waals surface area (Å²) in [4.78, 5) is 20.2. The van der Waals surface area contributed by atoms with Crippen LogP contribution >= 0.6 is 0 Å². The summed E-state index contributed by atoms with van der Waals surface area (Å²) in [5.74, 6) is -2.71. The Morgan fingerprint density at radius 3 is 0.946 bits per heavy atom. The van der Waals surface area contributed by atoms with Crippen molar-refractivity contribution >= 4 is 11.9 Å². The summed E-state index contributed by atoms with van der Waals surface area (Å²) >= 11 is 0. The Hall–Kier alpha value is -0.506. The molecule has 0 radical (unpaired) electrons. The Morgan fingerprint density at radius 1 is 0.514 bits per heavy atom. The number of rotatable bonds is 20. The fraction of sp³-hybridized carbons (Fsp3) is 0.929. The zero-order valence-corrected chi connectivity index (χ0v) is 25.7. The van der Waals surface area contributed by atoms with Crippen LogP contribution in [0.1, 0.15) is 143 Å². The van der Waals surface area contributed by atoms with Crippen LogP contribution in [0, 0.1) is 0 Å². The van der Waals surface area contributed by atoms with Gasteiger partial charge in [0.15, 0.2) is 0 Å². The third-order valence-corrected chi connectivity index (χ3v) is 5.20. The third kappa shape index (κ3) is 52.7. The first kappa shape index (κ1) is 46.4. The molecule has 0 aliphatic heterocycles. The van der Waals surface area contributed by atoms with E-state index in [0.29, 0.717) is 12.8 Å². The summed E-state index contributed by atoms with van der Waals surface area (Å²) in [5.41, 5.74) is 0. The first-order valence-corrected chi connectivity index (χ1v) is 14.1. The average molecular weight is 569 g/mol. The number of hydrogen-bond donors (Lipinski definition) is 2. The molecular formula is C28H56O8Ti. The molecule has 0 aliphatic carbocycles. The van der Waals surface area contributed by atoms with Crippen molar-refractivity contribution in [2.75, 3.05) is 13.2 Å². The fourth-order valence-corrected chi connectivity index (χ4v) is 2.76. The molecule has 2 N–H and O–H groups in total. The van der Waals surface area contributed by atoms with Crippen molar-refractivity contribution in [2.45, 2.75) is 155 Å². The molecule has 0 saturated heterocycles. The quantitative estimate of drug-likeness (QED) is 0.166. The van der Waals surface area contributed by atoms with Crippen LogP contribution in [0.5, 0.6) is 0 Å². The van der Waals surface area contributed by atoms with Crippen LogP contribution in [0.3, 0.4) is 0 Å². The molecule has 0 fully saturated rings. The Labute approximate surface area is 242 Å². The van der Waals surface area contributed by atoms with E-state index in [1.165, 1.54) is 38.5 Å². The summed E-state index contributed by atoms with van der Waals surface area (Å²) in [5, 5.41) is 57.0. The molecule has 220 valence electrons. The van der Waals surface area contributed by atoms with Crippen LogP contribution in [-0.4, -0.2) is 47.6 Å². The number of hydrogen-bond acceptors (Lipinski definition) is 8. The minimum Gasteiger partial charge on any atom is -0.854 e. The zero-order chi connectivity index (χ0) is 28.5. The summed E-state index contributed by atoms with van der Waals surface area (Å²) in [6.07, 6.45) is 15.0. The van der Waals surface area contributed by atoms with Gasteiger partial charge in [-0.25, -0.2) is 0 Å². The maximum absolute atomic E-state index is 10.1. The van der Waals surface area contributed by atoms with Crippen LogP contribution in [0.4, 0.5) is 0 Å². The van der Waals surface area contributed by atoms with Gasteiger partial charge in [0.2, 0.25) is 0 Å². The first-order valence-electron chi connectivity index (χ1n) is 14.1. The molecule has 0 spiro atoms. The molecule has 0 aliphatic rings. The van der Waals surface area contributed by atoms with Crippen LogP contribution in [0.2, 0.25) is 0 Å². The van der Waals surface area contributed by atoms with E-state index in [1.807, 2.05) is 13.8 Å². The Balaban J connectivity index is -0.000000133. The van der Waals surface area contributed by atoms with E-state index in [0.717, 1.165) is 64.2 Å². The molecule has 0 aromatic rings. The van der Waals surface area contributed by atoms with Crippen molar-refractivity contribution in [1.82, 2.24) is 0 Å². The Bertz CT molecular complexity index is 383. The molecule has 0 rings (SSSR count). The number of unbranched alkanes of at least 4 members (excludes halogenated alkanes) is 12. The maximum Gasteiger partial charge on any atom is 4.00 e. The van der Waals surface area contributed by atoms with Gasteiger partial charge in [0.1, 0.15) is 0 Å². The summed E-state index contributed by atoms with van der Waals surface area (Å²) in [7, 11) is 0. The molecular weight excluding hydrogens is 512 g/mol. The number of carbonyl (C=O) groups is 2. The standard InChI is InChI=1S/2C10H20O3.2C4H9O.Ti/c2*1-2-3-4-5-6-7-8-9(11)10(12)13;2*1-2-3-4-5;/h2*9,11H,2-8H2,1H3,(H,12,13);2*2-4H2,1H3;/q;;2*-1;+4/p-2. The van der Waals surface area contributed by atoms with Crippen molar-refractivity contribution in [1.29, 1.82) is 0 Å². The second-order valence-electron chi connectivity index (χ2n) is 8.90. The average Bonchev–Trinajstić information content (AvgIpc) is 2.85. The summed E-state index contributed by atoms with van der Waals surface area (Å²) in [6, 6.07) is 0. The molecule has 0 heterocycles. The number of aliphatic hydroxyl groups is 2. The van der Waals surface area contributed by atoms with Gasteiger partial charge in [-0.15, -0.1) is 13.2 Å². The van der Waals surface area contributed by atoms with Gasteiger partial charge in [0.25, 0.3) is 0 Å². The SMILES string of the molecule is CCCCCCCCC(O)C(=O)[O-].CCCCCCCCC(O)C(=O)[O-].CCCC[O-].CCCC[O-].[Ti+4]. The molecule has 2 atom stereocenters. The van der Waals surface area contributed by atoms with E-state index in [1.54, 1.807) is 0 Å². The van der Waals surface area contributed by atoms with E-state index in [4.69, 9.17) is 10.2 Å². The monoisotopic (exact) mass is 568 g/mol. The van der Waals surface area contributed by atoms with Crippen LogP contribution in [0.25, 0.3) is 0 Å². The van der Waals surface area contributed by atoms with Gasteiger partial charge in [-0.3, -0.25) is 0 Å². The maximum atomic E-state index is 10.1. The third-order valence-electron chi connectivity index (χ3n) is 5.20. The topological polar surface area (TPSA) is 167 Å². The molecule has 0 saturated carbocycles. The van der Waals surface area contributed by atoms with E-state index in [2.05, 4.69) is 13.8 Å². The largest absolute Gasteiger partial charge is 4.00 e. The predicted molar refractivity (Wildman–Crippen MR) is 138 cm³/mol. The van der Waals surface area contributed by atoms with Gasteiger partial charge in [-0.2, -0.15) is 0 Å². The number of carboxylic acid groups (broad SMARTS) is 2. The Morgan fingerprint density at radius 2 is 0.757 bits per heavy atom. The van der Waals surface area contributed by atoms with E-state index in [-0.39, 0.29) is 34.9 Å². The predicted octanol–water partition coefficient (Wildman–Crippen LogP) is 1.99. The molecule has 0 bridgehead atoms. The normalized spacial score (nSPS) is 11.2. The summed E-state index contributed by atoms with van der Waals surface area (Å²) < 4.78 is 0. The van der Waals surface area contributed by atoms with E-state index in [9.17, 15) is 30.0 Å². The minimum atomic E-state index is -1.35. The fourth-order valence-electron chi connectivity index (χ4n) is 2.76. The van der Waals surface area contributed by atoms with E-state index < -0.39 is 24.1 Å². The van der Waals surface area contributed by atoms with Gasteiger partial charge in [-0.1, -0.05) is 130 Å². The van der Waals surface area contributed by atoms with Crippen molar-refractivity contribution in [3.8, 4) is 0 Å². The number of aliphatic carboxylic acids is 2. The van der Waals surface area contributed by atoms with Gasteiger partial charge in [0.05, 0.1) is 24.1 Å². The zero-order valence-electron chi connectivity index (χ0n) is 24.1. The molecule has 37 heavy (non-hydrogen) atoms. The number of aliphatic hydroxyl groups excluding tert-OH is 2. The van der Waals surface area contributed by atoms with E-state index >= 15 is 0 Å². The molecule has 9 heteroatoms. The van der Waals surface area contributed by atoms with Gasteiger partial charge in [-0.05, 0) is 12.8 Å². The minimum absolute atomic E-state index is 0. The van der Waals surface area contributed by atoms with Crippen LogP contribution in [0.15, 0.2) is 0 Å². The number of carboxylic acids is 2. The summed E-state index contributed by atoms with van der Waals surface area (Å²) in [6.45, 7) is 8.52. The second kappa shape index (κ2) is 42.6. The molecule has 8 nitrogen and oxygen atoms in total. The molecule has 0 aromatic carbocycles. The van der Waals surface area contributed by atoms with Crippen molar-refractivity contribution in [3.63, 3.8) is 0 Å². The van der Waals surface area contributed by atoms with Crippen molar-refractivity contribution < 1.29 is 61.9 Å². The first-order chi connectivity index (χ1) is 17.2. The molecule has 2 unspecified atom stereocenters. The smallest absolute Gasteiger partial charge is 0.854 e. The number of carbonyl (C=O) groups excluding carboxylic acids is 2. The molecule has 0 aromatic heterocycles. The second-order valence-corrected chi connectivity index (χ2v) is 8.90. The van der Waals surface area contributed by atoms with Gasteiger partial charge < -0.3 is 40.2 Å². The van der Waals surface area contributed by atoms with Gasteiger partial charge >= 0.3 is 21.7 Å². The molecule has 0 amide bonds. The van der Waals surface area contributed by atoms with Gasteiger partial charge in [0, 0.05) is 0 Å². The Kier molecular flexibility index (Phi) is 53.3. The van der Waals surface area contributed by atoms with Crippen molar-refractivity contribution in [3.05, 3.63) is 0 Å². The van der Waals surface area contributed by atoms with Crippen molar-refractivity contribution in [2.24, 2.45) is 0 Å². The van der Waals surface area contributed by atoms with Crippen LogP contribution in [-0.2, 0) is 31.3 Å².